The van der Waals surface area contributed by atoms with Crippen molar-refractivity contribution in [1.82, 2.24) is 4.90 Å². The van der Waals surface area contributed by atoms with Crippen LogP contribution in [0.3, 0.4) is 0 Å². The van der Waals surface area contributed by atoms with Gasteiger partial charge in [-0.15, -0.1) is 6.42 Å². The molecule has 1 heterocycles. The molecular formula is C13H8FNO2S. The molecule has 1 aromatic rings. The molecule has 0 N–H and O–H groups in total. The van der Waals surface area contributed by atoms with Crippen molar-refractivity contribution in [3.63, 3.8) is 0 Å². The Hall–Kier alpha value is -2.06. The first kappa shape index (κ1) is 12.4. The van der Waals surface area contributed by atoms with Crippen LogP contribution in [0.2, 0.25) is 0 Å². The Labute approximate surface area is 108 Å². The summed E-state index contributed by atoms with van der Waals surface area (Å²) in [6.07, 6.45) is 6.55. The van der Waals surface area contributed by atoms with Gasteiger partial charge >= 0.3 is 0 Å². The third kappa shape index (κ3) is 2.44. The average molecular weight is 261 g/mol. The summed E-state index contributed by atoms with van der Waals surface area (Å²) >= 11 is 0.803. The van der Waals surface area contributed by atoms with Gasteiger partial charge in [0.05, 0.1) is 11.4 Å². The number of benzene rings is 1. The van der Waals surface area contributed by atoms with Crippen molar-refractivity contribution < 1.29 is 14.0 Å². The molecule has 0 atom stereocenters. The molecule has 1 aliphatic heterocycles. The fourth-order valence-electron chi connectivity index (χ4n) is 1.48. The SMILES string of the molecule is C#CCN1C(=O)S/C(=C\c2cccc(F)c2)C1=O. The number of hydrogen-bond acceptors (Lipinski definition) is 3. The van der Waals surface area contributed by atoms with Gasteiger partial charge in [0, 0.05) is 0 Å². The molecule has 1 saturated heterocycles. The van der Waals surface area contributed by atoms with Crippen molar-refractivity contribution in [2.24, 2.45) is 0 Å². The number of terminal acetylenes is 1. The molecule has 0 radical (unpaired) electrons. The number of nitrogens with zero attached hydrogens (tertiary/aromatic N) is 1. The Kier molecular flexibility index (Phi) is 3.49. The van der Waals surface area contributed by atoms with Crippen LogP contribution in [0.25, 0.3) is 6.08 Å². The maximum Gasteiger partial charge on any atom is 0.294 e. The van der Waals surface area contributed by atoms with Crippen LogP contribution in [0.5, 0.6) is 0 Å². The van der Waals surface area contributed by atoms with E-state index in [9.17, 15) is 14.0 Å². The van der Waals surface area contributed by atoms with Gasteiger partial charge in [-0.25, -0.2) is 4.39 Å². The lowest BCUT2D eigenvalue weighted by Crippen LogP contribution is -2.28. The normalized spacial score (nSPS) is 17.3. The summed E-state index contributed by atoms with van der Waals surface area (Å²) in [5.74, 6) is 1.41. The van der Waals surface area contributed by atoms with Gasteiger partial charge in [0.25, 0.3) is 11.1 Å². The Morgan fingerprint density at radius 1 is 1.44 bits per heavy atom. The summed E-state index contributed by atoms with van der Waals surface area (Å²) in [4.78, 5) is 24.6. The Morgan fingerprint density at radius 2 is 2.22 bits per heavy atom. The van der Waals surface area contributed by atoms with Crippen LogP contribution in [-0.4, -0.2) is 22.6 Å². The second-order valence-electron chi connectivity index (χ2n) is 3.53. The minimum atomic E-state index is -0.438. The smallest absolute Gasteiger partial charge is 0.268 e. The van der Waals surface area contributed by atoms with Crippen molar-refractivity contribution in [1.29, 1.82) is 0 Å². The number of rotatable bonds is 2. The van der Waals surface area contributed by atoms with E-state index in [4.69, 9.17) is 6.42 Å². The first-order chi connectivity index (χ1) is 8.61. The number of imide groups is 1. The van der Waals surface area contributed by atoms with E-state index in [2.05, 4.69) is 5.92 Å². The van der Waals surface area contributed by atoms with E-state index in [1.54, 1.807) is 6.07 Å². The maximum atomic E-state index is 13.0. The molecule has 0 saturated carbocycles. The molecule has 2 amide bonds. The van der Waals surface area contributed by atoms with Gasteiger partial charge in [-0.3, -0.25) is 14.5 Å². The molecule has 5 heteroatoms. The highest BCUT2D eigenvalue weighted by Gasteiger charge is 2.34. The van der Waals surface area contributed by atoms with Crippen molar-refractivity contribution in [2.45, 2.75) is 0 Å². The van der Waals surface area contributed by atoms with Gasteiger partial charge in [0.1, 0.15) is 5.82 Å². The molecule has 1 aromatic carbocycles. The standard InChI is InChI=1S/C13H8FNO2S/c1-2-6-15-12(16)11(18-13(15)17)8-9-4-3-5-10(14)7-9/h1,3-5,7-8H,6H2/b11-8-. The highest BCUT2D eigenvalue weighted by atomic mass is 32.2. The highest BCUT2D eigenvalue weighted by molar-refractivity contribution is 8.18. The van der Waals surface area contributed by atoms with Crippen molar-refractivity contribution in [3.8, 4) is 12.3 Å². The van der Waals surface area contributed by atoms with E-state index in [0.717, 1.165) is 16.7 Å². The van der Waals surface area contributed by atoms with Gasteiger partial charge in [0.2, 0.25) is 0 Å². The van der Waals surface area contributed by atoms with Crippen LogP contribution in [0.1, 0.15) is 5.56 Å². The van der Waals surface area contributed by atoms with Crippen molar-refractivity contribution in [3.05, 3.63) is 40.6 Å². The van der Waals surface area contributed by atoms with Gasteiger partial charge in [0.15, 0.2) is 0 Å². The van der Waals surface area contributed by atoms with E-state index in [1.165, 1.54) is 24.3 Å². The van der Waals surface area contributed by atoms with E-state index in [1.807, 2.05) is 0 Å². The Balaban J connectivity index is 2.28. The van der Waals surface area contributed by atoms with Crippen LogP contribution >= 0.6 is 11.8 Å². The van der Waals surface area contributed by atoms with Gasteiger partial charge in [-0.2, -0.15) is 0 Å². The van der Waals surface area contributed by atoms with Gasteiger partial charge in [-0.1, -0.05) is 18.1 Å². The molecule has 0 bridgehead atoms. The number of thioether (sulfide) groups is 1. The van der Waals surface area contributed by atoms with Crippen LogP contribution in [-0.2, 0) is 4.79 Å². The number of halogens is 1. The third-order valence-corrected chi connectivity index (χ3v) is 3.18. The second kappa shape index (κ2) is 5.07. The molecule has 1 aliphatic rings. The third-order valence-electron chi connectivity index (χ3n) is 2.27. The quantitative estimate of drug-likeness (QED) is 0.606. The topological polar surface area (TPSA) is 37.4 Å². The average Bonchev–Trinajstić information content (AvgIpc) is 2.57. The zero-order chi connectivity index (χ0) is 13.1. The zero-order valence-corrected chi connectivity index (χ0v) is 10.0. The largest absolute Gasteiger partial charge is 0.294 e. The lowest BCUT2D eigenvalue weighted by atomic mass is 10.2. The number of hydrogen-bond donors (Lipinski definition) is 0. The van der Waals surface area contributed by atoms with Gasteiger partial charge in [-0.05, 0) is 35.5 Å². The molecule has 0 aromatic heterocycles. The summed E-state index contributed by atoms with van der Waals surface area (Å²) in [6.45, 7) is -0.0504. The predicted octanol–water partition coefficient (Wildman–Crippen LogP) is 2.50. The number of carbonyl (C=O) groups is 2. The van der Waals surface area contributed by atoms with Gasteiger partial charge < -0.3 is 0 Å². The fourth-order valence-corrected chi connectivity index (χ4v) is 2.31. The monoisotopic (exact) mass is 261 g/mol. The summed E-state index contributed by atoms with van der Waals surface area (Å²) in [5.41, 5.74) is 0.529. The molecule has 1 fully saturated rings. The molecule has 2 rings (SSSR count). The summed E-state index contributed by atoms with van der Waals surface area (Å²) in [5, 5.41) is -0.402. The summed E-state index contributed by atoms with van der Waals surface area (Å²) in [6, 6.07) is 5.78. The van der Waals surface area contributed by atoms with E-state index >= 15 is 0 Å². The predicted molar refractivity (Wildman–Crippen MR) is 67.9 cm³/mol. The first-order valence-electron chi connectivity index (χ1n) is 5.06. The van der Waals surface area contributed by atoms with E-state index < -0.39 is 17.0 Å². The number of carbonyl (C=O) groups excluding carboxylic acids is 2. The maximum absolute atomic E-state index is 13.0. The van der Waals surface area contributed by atoms with Crippen LogP contribution < -0.4 is 0 Å². The summed E-state index contributed by atoms with van der Waals surface area (Å²) < 4.78 is 13.0. The Morgan fingerprint density at radius 3 is 2.89 bits per heavy atom. The van der Waals surface area contributed by atoms with Crippen LogP contribution in [0.15, 0.2) is 29.2 Å². The zero-order valence-electron chi connectivity index (χ0n) is 9.22. The van der Waals surface area contributed by atoms with E-state index in [-0.39, 0.29) is 11.4 Å². The van der Waals surface area contributed by atoms with Crippen LogP contribution in [0.4, 0.5) is 9.18 Å². The molecule has 90 valence electrons. The highest BCUT2D eigenvalue weighted by Crippen LogP contribution is 2.31. The van der Waals surface area contributed by atoms with Crippen molar-refractivity contribution in [2.75, 3.05) is 6.54 Å². The minimum absolute atomic E-state index is 0.0504. The summed E-state index contributed by atoms with van der Waals surface area (Å²) in [7, 11) is 0. The first-order valence-corrected chi connectivity index (χ1v) is 5.88. The Bertz CT molecular complexity index is 589. The molecule has 0 unspecified atom stereocenters. The molecule has 3 nitrogen and oxygen atoms in total. The lowest BCUT2D eigenvalue weighted by molar-refractivity contribution is -0.122. The molecule has 0 aliphatic carbocycles. The minimum Gasteiger partial charge on any atom is -0.268 e. The second-order valence-corrected chi connectivity index (χ2v) is 4.52. The van der Waals surface area contributed by atoms with Crippen LogP contribution in [0, 0.1) is 18.2 Å². The lowest BCUT2D eigenvalue weighted by Gasteiger charge is -2.06. The molecular weight excluding hydrogens is 253 g/mol. The van der Waals surface area contributed by atoms with Crippen molar-refractivity contribution >= 4 is 29.0 Å². The molecule has 0 spiro atoms. The van der Waals surface area contributed by atoms with E-state index in [0.29, 0.717) is 5.56 Å². The number of amides is 2. The molecule has 18 heavy (non-hydrogen) atoms. The fraction of sp³-hybridized carbons (Fsp3) is 0.0769.